The van der Waals surface area contributed by atoms with E-state index >= 15 is 0 Å². The molecule has 2 aliphatic rings. The SMILES string of the molecule is CC(CO)(CO)NC(=O)c1nn(-c2cc(C#N)ccn2)c2c1C[C@H]1C[C@@H]21. The quantitative estimate of drug-likeness (QED) is 0.709. The second-order valence-corrected chi connectivity index (χ2v) is 7.28. The first-order valence-electron chi connectivity index (χ1n) is 8.52. The van der Waals surface area contributed by atoms with Gasteiger partial charge >= 0.3 is 0 Å². The van der Waals surface area contributed by atoms with Gasteiger partial charge in [0.05, 0.1) is 36.1 Å². The average Bonchev–Trinajstić information content (AvgIpc) is 3.16. The molecule has 1 amide bonds. The summed E-state index contributed by atoms with van der Waals surface area (Å²) >= 11 is 0. The van der Waals surface area contributed by atoms with Crippen molar-refractivity contribution in [2.75, 3.05) is 13.2 Å². The number of aliphatic hydroxyl groups is 2. The second-order valence-electron chi connectivity index (χ2n) is 7.28. The Hall–Kier alpha value is -2.76. The van der Waals surface area contributed by atoms with Crippen molar-refractivity contribution in [2.24, 2.45) is 5.92 Å². The molecule has 0 spiro atoms. The van der Waals surface area contributed by atoms with Gasteiger partial charge in [0.1, 0.15) is 0 Å². The van der Waals surface area contributed by atoms with Gasteiger partial charge in [-0.05, 0) is 31.7 Å². The molecule has 1 saturated carbocycles. The van der Waals surface area contributed by atoms with Crippen LogP contribution in [0.15, 0.2) is 18.3 Å². The van der Waals surface area contributed by atoms with E-state index in [1.807, 2.05) is 0 Å². The molecule has 2 aromatic heterocycles. The van der Waals surface area contributed by atoms with E-state index < -0.39 is 11.4 Å². The number of hydrogen-bond acceptors (Lipinski definition) is 6. The fourth-order valence-electron chi connectivity index (χ4n) is 3.54. The van der Waals surface area contributed by atoms with Crippen LogP contribution in [0.25, 0.3) is 5.82 Å². The lowest BCUT2D eigenvalue weighted by molar-refractivity contribution is 0.0718. The van der Waals surface area contributed by atoms with Crippen molar-refractivity contribution in [3.05, 3.63) is 40.8 Å². The zero-order chi connectivity index (χ0) is 18.5. The highest BCUT2D eigenvalue weighted by Crippen LogP contribution is 2.57. The number of nitrogens with zero attached hydrogens (tertiary/aromatic N) is 4. The van der Waals surface area contributed by atoms with E-state index in [0.29, 0.717) is 28.9 Å². The van der Waals surface area contributed by atoms with Crippen LogP contribution < -0.4 is 5.32 Å². The Balaban J connectivity index is 1.75. The summed E-state index contributed by atoms with van der Waals surface area (Å²) in [5.41, 5.74) is 1.53. The minimum absolute atomic E-state index is 0.296. The smallest absolute Gasteiger partial charge is 0.272 e. The molecule has 0 aliphatic heterocycles. The van der Waals surface area contributed by atoms with Crippen molar-refractivity contribution in [1.82, 2.24) is 20.1 Å². The molecule has 2 atom stereocenters. The Morgan fingerprint density at radius 3 is 2.96 bits per heavy atom. The van der Waals surface area contributed by atoms with Crippen molar-refractivity contribution in [3.8, 4) is 11.9 Å². The van der Waals surface area contributed by atoms with Gasteiger partial charge < -0.3 is 15.5 Å². The molecule has 134 valence electrons. The molecule has 0 radical (unpaired) electrons. The second kappa shape index (κ2) is 5.90. The zero-order valence-corrected chi connectivity index (χ0v) is 14.3. The largest absolute Gasteiger partial charge is 0.394 e. The van der Waals surface area contributed by atoms with Crippen molar-refractivity contribution >= 4 is 5.91 Å². The molecule has 1 fully saturated rings. The summed E-state index contributed by atoms with van der Waals surface area (Å²) < 4.78 is 1.66. The van der Waals surface area contributed by atoms with Crippen molar-refractivity contribution in [2.45, 2.75) is 31.2 Å². The number of carbonyl (C=O) groups excluding carboxylic acids is 1. The summed E-state index contributed by atoms with van der Waals surface area (Å²) in [6.45, 7) is 0.807. The third kappa shape index (κ3) is 2.57. The van der Waals surface area contributed by atoms with Crippen molar-refractivity contribution < 1.29 is 15.0 Å². The van der Waals surface area contributed by atoms with Crippen LogP contribution in [-0.4, -0.2) is 49.6 Å². The van der Waals surface area contributed by atoms with E-state index in [1.165, 1.54) is 0 Å². The summed E-state index contributed by atoms with van der Waals surface area (Å²) in [7, 11) is 0. The van der Waals surface area contributed by atoms with E-state index in [0.717, 1.165) is 24.1 Å². The lowest BCUT2D eigenvalue weighted by atomic mass is 10.0. The summed E-state index contributed by atoms with van der Waals surface area (Å²) in [5, 5.41) is 35.1. The lowest BCUT2D eigenvalue weighted by Gasteiger charge is -2.25. The molecule has 26 heavy (non-hydrogen) atoms. The minimum atomic E-state index is -1.12. The highest BCUT2D eigenvalue weighted by atomic mass is 16.3. The number of hydrogen-bond donors (Lipinski definition) is 3. The van der Waals surface area contributed by atoms with Gasteiger partial charge in [-0.25, -0.2) is 9.67 Å². The first-order valence-corrected chi connectivity index (χ1v) is 8.52. The average molecular weight is 353 g/mol. The van der Waals surface area contributed by atoms with Crippen LogP contribution in [0.1, 0.15) is 46.6 Å². The minimum Gasteiger partial charge on any atom is -0.394 e. The third-order valence-electron chi connectivity index (χ3n) is 5.18. The normalized spacial score (nSPS) is 20.2. The first kappa shape index (κ1) is 16.7. The number of aliphatic hydroxyl groups excluding tert-OH is 2. The first-order chi connectivity index (χ1) is 12.5. The fraction of sp³-hybridized carbons (Fsp3) is 0.444. The van der Waals surface area contributed by atoms with Crippen LogP contribution in [0.3, 0.4) is 0 Å². The monoisotopic (exact) mass is 353 g/mol. The predicted octanol–water partition coefficient (Wildman–Crippen LogP) is 0.272. The van der Waals surface area contributed by atoms with Crippen molar-refractivity contribution in [1.29, 1.82) is 5.26 Å². The molecular weight excluding hydrogens is 334 g/mol. The number of fused-ring (bicyclic) bond motifs is 3. The Labute approximate surface area is 150 Å². The maximum absolute atomic E-state index is 12.7. The molecule has 0 saturated heterocycles. The predicted molar refractivity (Wildman–Crippen MR) is 90.7 cm³/mol. The number of carbonyl (C=O) groups is 1. The maximum atomic E-state index is 12.7. The number of nitrogens with one attached hydrogen (secondary N) is 1. The number of amides is 1. The Kier molecular flexibility index (Phi) is 3.79. The lowest BCUT2D eigenvalue weighted by Crippen LogP contribution is -2.52. The van der Waals surface area contributed by atoms with Gasteiger partial charge in [0, 0.05) is 23.7 Å². The van der Waals surface area contributed by atoms with Gasteiger partial charge in [-0.2, -0.15) is 10.4 Å². The highest BCUT2D eigenvalue weighted by Gasteiger charge is 2.50. The maximum Gasteiger partial charge on any atom is 0.272 e. The molecule has 2 heterocycles. The van der Waals surface area contributed by atoms with Gasteiger partial charge in [-0.3, -0.25) is 4.79 Å². The zero-order valence-electron chi connectivity index (χ0n) is 14.3. The molecule has 0 unspecified atom stereocenters. The van der Waals surface area contributed by atoms with Crippen LogP contribution in [0, 0.1) is 17.2 Å². The van der Waals surface area contributed by atoms with Gasteiger partial charge in [-0.1, -0.05) is 0 Å². The van der Waals surface area contributed by atoms with Crippen LogP contribution in [0.2, 0.25) is 0 Å². The van der Waals surface area contributed by atoms with Gasteiger partial charge in [0.25, 0.3) is 5.91 Å². The van der Waals surface area contributed by atoms with Gasteiger partial charge in [0.15, 0.2) is 11.5 Å². The summed E-state index contributed by atoms with van der Waals surface area (Å²) in [4.78, 5) is 17.1. The Bertz CT molecular complexity index is 925. The Morgan fingerprint density at radius 1 is 1.50 bits per heavy atom. The van der Waals surface area contributed by atoms with Crippen molar-refractivity contribution in [3.63, 3.8) is 0 Å². The molecule has 0 bridgehead atoms. The number of aromatic nitrogens is 3. The number of nitriles is 1. The summed E-state index contributed by atoms with van der Waals surface area (Å²) in [6.07, 6.45) is 3.41. The fourth-order valence-corrected chi connectivity index (χ4v) is 3.54. The standard InChI is InChI=1S/C18H19N5O3/c1-18(8-24,9-25)21-17(26)15-13-6-11-5-12(11)16(13)23(22-15)14-4-10(7-19)2-3-20-14/h2-4,11-12,24-25H,5-6,8-9H2,1H3,(H,21,26)/t11-,12-/m1/s1. The summed E-state index contributed by atoms with van der Waals surface area (Å²) in [6, 6.07) is 5.36. The molecule has 2 aliphatic carbocycles. The molecule has 3 N–H and O–H groups in total. The van der Waals surface area contributed by atoms with E-state index in [-0.39, 0.29) is 13.2 Å². The summed E-state index contributed by atoms with van der Waals surface area (Å²) in [5.74, 6) is 0.984. The third-order valence-corrected chi connectivity index (χ3v) is 5.18. The topological polar surface area (TPSA) is 124 Å². The van der Waals surface area contributed by atoms with E-state index in [4.69, 9.17) is 5.26 Å². The highest BCUT2D eigenvalue weighted by molar-refractivity contribution is 5.95. The van der Waals surface area contributed by atoms with Crippen LogP contribution in [-0.2, 0) is 6.42 Å². The van der Waals surface area contributed by atoms with E-state index in [1.54, 1.807) is 29.9 Å². The molecular formula is C18H19N5O3. The van der Waals surface area contributed by atoms with E-state index in [9.17, 15) is 15.0 Å². The van der Waals surface area contributed by atoms with Crippen LogP contribution in [0.5, 0.6) is 0 Å². The molecule has 4 rings (SSSR count). The molecule has 2 aromatic rings. The molecule has 8 heteroatoms. The van der Waals surface area contributed by atoms with Gasteiger partial charge in [0.2, 0.25) is 0 Å². The number of rotatable bonds is 5. The van der Waals surface area contributed by atoms with Crippen LogP contribution in [0.4, 0.5) is 0 Å². The van der Waals surface area contributed by atoms with E-state index in [2.05, 4.69) is 21.5 Å². The van der Waals surface area contributed by atoms with Gasteiger partial charge in [-0.15, -0.1) is 0 Å². The van der Waals surface area contributed by atoms with Crippen LogP contribution >= 0.6 is 0 Å². The molecule has 0 aromatic carbocycles. The molecule has 8 nitrogen and oxygen atoms in total. The number of pyridine rings is 1. The Morgan fingerprint density at radius 2 is 2.27 bits per heavy atom.